The normalized spacial score (nSPS) is 13.9. The zero-order valence-corrected chi connectivity index (χ0v) is 16.9. The molecule has 3 unspecified atom stereocenters. The summed E-state index contributed by atoms with van der Waals surface area (Å²) in [5.41, 5.74) is 2.01. The minimum atomic E-state index is -1.10. The Kier molecular flexibility index (Phi) is 8.03. The molecule has 0 bridgehead atoms. The molecule has 0 aliphatic rings. The number of ether oxygens (including phenoxy) is 2. The molecule has 27 heavy (non-hydrogen) atoms. The number of hydrogen-bond acceptors (Lipinski definition) is 4. The second-order valence-electron chi connectivity index (χ2n) is 6.99. The Balaban J connectivity index is 2.04. The highest BCUT2D eigenvalue weighted by Crippen LogP contribution is 2.33. The molecular formula is C21H28FO4P. The van der Waals surface area contributed by atoms with Crippen LogP contribution in [-0.2, 0) is 5.41 Å². The predicted molar refractivity (Wildman–Crippen MR) is 109 cm³/mol. The average Bonchev–Trinajstić information content (AvgIpc) is 2.70. The number of hydrogen-bond donors (Lipinski definition) is 2. The van der Waals surface area contributed by atoms with Gasteiger partial charge in [0.25, 0.3) is 0 Å². The van der Waals surface area contributed by atoms with Gasteiger partial charge in [-0.2, -0.15) is 0 Å². The van der Waals surface area contributed by atoms with Crippen LogP contribution in [0.1, 0.15) is 25.0 Å². The molecule has 2 aromatic carbocycles. The quantitative estimate of drug-likeness (QED) is 0.607. The van der Waals surface area contributed by atoms with Crippen LogP contribution < -0.4 is 9.47 Å². The van der Waals surface area contributed by atoms with Crippen molar-refractivity contribution in [3.63, 3.8) is 0 Å². The van der Waals surface area contributed by atoms with Gasteiger partial charge in [0.05, 0.1) is 6.10 Å². The van der Waals surface area contributed by atoms with Crippen molar-refractivity contribution in [1.82, 2.24) is 0 Å². The Bertz CT molecular complexity index is 629. The van der Waals surface area contributed by atoms with Crippen LogP contribution in [0.25, 0.3) is 0 Å². The van der Waals surface area contributed by atoms with E-state index in [0.29, 0.717) is 11.9 Å². The standard InChI is InChI=1S/C21H28FO4P/c1-21(2,15-3-7-19(8-4-15)25-12-17(23)11-22)16-5-9-20(10-6-16)26-13-18(24)14-27/h3-10,17-18,23-24H,11-14,27H2,1-2H3. The van der Waals surface area contributed by atoms with Crippen molar-refractivity contribution in [2.45, 2.75) is 31.5 Å². The van der Waals surface area contributed by atoms with E-state index >= 15 is 0 Å². The Labute approximate surface area is 162 Å². The first-order valence-corrected chi connectivity index (χ1v) is 9.77. The van der Waals surface area contributed by atoms with Gasteiger partial charge in [-0.25, -0.2) is 4.39 Å². The third kappa shape index (κ3) is 6.17. The monoisotopic (exact) mass is 394 g/mol. The largest absolute Gasteiger partial charge is 0.491 e. The Morgan fingerprint density at radius 1 is 0.852 bits per heavy atom. The molecule has 2 aromatic rings. The van der Waals surface area contributed by atoms with Crippen LogP contribution in [-0.4, -0.2) is 48.5 Å². The fourth-order valence-electron chi connectivity index (χ4n) is 2.60. The van der Waals surface area contributed by atoms with E-state index < -0.39 is 18.9 Å². The fraction of sp³-hybridized carbons (Fsp3) is 0.429. The third-order valence-corrected chi connectivity index (χ3v) is 5.03. The van der Waals surface area contributed by atoms with Crippen molar-refractivity contribution >= 4 is 9.24 Å². The summed E-state index contributed by atoms with van der Waals surface area (Å²) in [6, 6.07) is 15.4. The van der Waals surface area contributed by atoms with E-state index in [2.05, 4.69) is 23.1 Å². The van der Waals surface area contributed by atoms with Crippen LogP contribution >= 0.6 is 9.24 Å². The first-order chi connectivity index (χ1) is 12.9. The molecule has 0 spiro atoms. The molecule has 0 saturated heterocycles. The van der Waals surface area contributed by atoms with Crippen molar-refractivity contribution < 1.29 is 24.1 Å². The smallest absolute Gasteiger partial charge is 0.119 e. The summed E-state index contributed by atoms with van der Waals surface area (Å²) in [5, 5.41) is 18.8. The van der Waals surface area contributed by atoms with E-state index in [1.807, 2.05) is 48.5 Å². The predicted octanol–water partition coefficient (Wildman–Crippen LogP) is 3.34. The summed E-state index contributed by atoms with van der Waals surface area (Å²) in [6.45, 7) is 3.64. The second-order valence-corrected chi connectivity index (χ2v) is 7.46. The van der Waals surface area contributed by atoms with Gasteiger partial charge in [0.2, 0.25) is 0 Å². The molecule has 0 fully saturated rings. The van der Waals surface area contributed by atoms with Gasteiger partial charge in [-0.3, -0.25) is 0 Å². The second kappa shape index (κ2) is 10.0. The van der Waals surface area contributed by atoms with Crippen molar-refractivity contribution in [2.75, 3.05) is 26.1 Å². The number of halogens is 1. The van der Waals surface area contributed by atoms with E-state index in [9.17, 15) is 14.6 Å². The van der Waals surface area contributed by atoms with Gasteiger partial charge in [0, 0.05) is 5.41 Å². The summed E-state index contributed by atoms with van der Waals surface area (Å²) in [6.07, 6.45) is -1.01. The van der Waals surface area contributed by atoms with E-state index in [4.69, 9.17) is 9.47 Å². The molecule has 4 nitrogen and oxygen atoms in total. The molecule has 6 heteroatoms. The highest BCUT2D eigenvalue weighted by molar-refractivity contribution is 7.16. The highest BCUT2D eigenvalue weighted by Gasteiger charge is 2.23. The van der Waals surface area contributed by atoms with Crippen LogP contribution in [0.2, 0.25) is 0 Å². The average molecular weight is 394 g/mol. The van der Waals surface area contributed by atoms with Gasteiger partial charge in [-0.1, -0.05) is 38.1 Å². The van der Waals surface area contributed by atoms with Crippen LogP contribution in [0.15, 0.2) is 48.5 Å². The Morgan fingerprint density at radius 2 is 1.26 bits per heavy atom. The molecule has 2 N–H and O–H groups in total. The molecular weight excluding hydrogens is 366 g/mol. The Hall–Kier alpha value is -1.68. The fourth-order valence-corrected chi connectivity index (χ4v) is 2.74. The van der Waals surface area contributed by atoms with Crippen molar-refractivity contribution in [3.8, 4) is 11.5 Å². The van der Waals surface area contributed by atoms with Gasteiger partial charge >= 0.3 is 0 Å². The number of rotatable bonds is 10. The highest BCUT2D eigenvalue weighted by atomic mass is 31.0. The molecule has 0 aliphatic carbocycles. The SMILES string of the molecule is CC(C)(c1ccc(OCC(O)CF)cc1)c1ccc(OCC(O)CP)cc1. The molecule has 0 aliphatic heterocycles. The van der Waals surface area contributed by atoms with Gasteiger partial charge in [0.15, 0.2) is 0 Å². The molecule has 0 saturated carbocycles. The van der Waals surface area contributed by atoms with Crippen LogP contribution in [0.4, 0.5) is 4.39 Å². The number of benzene rings is 2. The lowest BCUT2D eigenvalue weighted by molar-refractivity contribution is 0.0842. The summed E-state index contributed by atoms with van der Waals surface area (Å²) < 4.78 is 23.2. The molecule has 2 rings (SSSR count). The Morgan fingerprint density at radius 3 is 1.63 bits per heavy atom. The van der Waals surface area contributed by atoms with Gasteiger partial charge in [0.1, 0.15) is 37.5 Å². The zero-order valence-electron chi connectivity index (χ0n) is 15.8. The molecule has 0 radical (unpaired) electrons. The van der Waals surface area contributed by atoms with Crippen molar-refractivity contribution in [3.05, 3.63) is 59.7 Å². The summed E-state index contributed by atoms with van der Waals surface area (Å²) in [5.74, 6) is 1.32. The molecule has 148 valence electrons. The number of alkyl halides is 1. The lowest BCUT2D eigenvalue weighted by atomic mass is 9.78. The molecule has 3 atom stereocenters. The van der Waals surface area contributed by atoms with Crippen LogP contribution in [0, 0.1) is 0 Å². The van der Waals surface area contributed by atoms with Crippen LogP contribution in [0.3, 0.4) is 0 Å². The maximum Gasteiger partial charge on any atom is 0.119 e. The maximum atomic E-state index is 12.3. The summed E-state index contributed by atoms with van der Waals surface area (Å²) >= 11 is 0. The number of aliphatic hydroxyl groups is 2. The van der Waals surface area contributed by atoms with Crippen LogP contribution in [0.5, 0.6) is 11.5 Å². The van der Waals surface area contributed by atoms with Gasteiger partial charge in [-0.05, 0) is 41.6 Å². The van der Waals surface area contributed by atoms with Crippen molar-refractivity contribution in [2.24, 2.45) is 0 Å². The maximum absolute atomic E-state index is 12.3. The van der Waals surface area contributed by atoms with E-state index in [1.54, 1.807) is 0 Å². The van der Waals surface area contributed by atoms with Gasteiger partial charge in [-0.15, -0.1) is 9.24 Å². The third-order valence-electron chi connectivity index (χ3n) is 4.49. The molecule has 0 aromatic heterocycles. The van der Waals surface area contributed by atoms with E-state index in [0.717, 1.165) is 16.9 Å². The molecule has 0 heterocycles. The van der Waals surface area contributed by atoms with E-state index in [-0.39, 0.29) is 18.6 Å². The number of aliphatic hydroxyl groups excluding tert-OH is 2. The van der Waals surface area contributed by atoms with E-state index in [1.165, 1.54) is 0 Å². The first kappa shape index (κ1) is 21.6. The van der Waals surface area contributed by atoms with Gasteiger partial charge < -0.3 is 19.7 Å². The lowest BCUT2D eigenvalue weighted by Crippen LogP contribution is -2.20. The minimum Gasteiger partial charge on any atom is -0.491 e. The molecule has 0 amide bonds. The summed E-state index contributed by atoms with van der Waals surface area (Å²) in [4.78, 5) is 0. The zero-order chi connectivity index (χ0) is 19.9. The topological polar surface area (TPSA) is 58.9 Å². The lowest BCUT2D eigenvalue weighted by Gasteiger charge is -2.26. The first-order valence-electron chi connectivity index (χ1n) is 8.95. The minimum absolute atomic E-state index is 0.0634. The summed E-state index contributed by atoms with van der Waals surface area (Å²) in [7, 11) is 2.49. The van der Waals surface area contributed by atoms with Crippen molar-refractivity contribution in [1.29, 1.82) is 0 Å².